The van der Waals surface area contributed by atoms with E-state index in [9.17, 15) is 10.1 Å². The molecule has 198 valence electrons. The van der Waals surface area contributed by atoms with Crippen LogP contribution in [0.2, 0.25) is 0 Å². The van der Waals surface area contributed by atoms with E-state index < -0.39 is 0 Å². The predicted molar refractivity (Wildman–Crippen MR) is 161 cm³/mol. The lowest BCUT2D eigenvalue weighted by Gasteiger charge is -2.16. The van der Waals surface area contributed by atoms with Crippen molar-refractivity contribution in [1.82, 2.24) is 9.88 Å². The fourth-order valence-corrected chi connectivity index (χ4v) is 5.66. The van der Waals surface area contributed by atoms with Gasteiger partial charge in [-0.05, 0) is 97.2 Å². The molecule has 1 heterocycles. The third-order valence-electron chi connectivity index (χ3n) is 8.36. The molecule has 1 N–H and O–H groups in total. The maximum atomic E-state index is 13.3. The van der Waals surface area contributed by atoms with Crippen molar-refractivity contribution in [2.45, 2.75) is 52.1 Å². The lowest BCUT2D eigenvalue weighted by Crippen LogP contribution is -2.26. The molecule has 4 aromatic carbocycles. The number of nitriles is 1. The first-order chi connectivity index (χ1) is 19.4. The molecule has 0 spiro atoms. The summed E-state index contributed by atoms with van der Waals surface area (Å²) < 4.78 is 2.32. The van der Waals surface area contributed by atoms with Crippen molar-refractivity contribution in [1.29, 1.82) is 5.26 Å². The van der Waals surface area contributed by atoms with Crippen molar-refractivity contribution >= 4 is 16.8 Å². The van der Waals surface area contributed by atoms with Gasteiger partial charge in [0.2, 0.25) is 0 Å². The van der Waals surface area contributed by atoms with Crippen molar-refractivity contribution in [2.24, 2.45) is 0 Å². The molecule has 6 rings (SSSR count). The van der Waals surface area contributed by atoms with Gasteiger partial charge >= 0.3 is 0 Å². The Balaban J connectivity index is 1.22. The number of fused-ring (bicyclic) bond motifs is 1. The van der Waals surface area contributed by atoms with E-state index in [4.69, 9.17) is 0 Å². The van der Waals surface area contributed by atoms with Crippen LogP contribution in [0.5, 0.6) is 0 Å². The normalized spacial score (nSPS) is 13.7. The molecular formula is C36H33N3O. The Morgan fingerprint density at radius 3 is 2.50 bits per heavy atom. The van der Waals surface area contributed by atoms with Crippen molar-refractivity contribution in [3.8, 4) is 17.2 Å². The van der Waals surface area contributed by atoms with E-state index in [0.29, 0.717) is 17.0 Å². The monoisotopic (exact) mass is 523 g/mol. The molecule has 0 radical (unpaired) electrons. The van der Waals surface area contributed by atoms with Gasteiger partial charge in [-0.25, -0.2) is 0 Å². The van der Waals surface area contributed by atoms with Crippen LogP contribution in [-0.4, -0.2) is 10.5 Å². The van der Waals surface area contributed by atoms with Gasteiger partial charge in [0, 0.05) is 28.7 Å². The van der Waals surface area contributed by atoms with E-state index in [1.807, 2.05) is 36.4 Å². The number of rotatable bonds is 7. The van der Waals surface area contributed by atoms with Crippen LogP contribution < -0.4 is 5.32 Å². The van der Waals surface area contributed by atoms with Crippen molar-refractivity contribution in [3.63, 3.8) is 0 Å². The fourth-order valence-electron chi connectivity index (χ4n) is 5.66. The molecular weight excluding hydrogens is 490 g/mol. The topological polar surface area (TPSA) is 57.8 Å². The highest BCUT2D eigenvalue weighted by molar-refractivity contribution is 5.99. The van der Waals surface area contributed by atoms with Gasteiger partial charge in [-0.1, -0.05) is 66.7 Å². The first-order valence-corrected chi connectivity index (χ1v) is 14.0. The Kier molecular flexibility index (Phi) is 6.74. The molecule has 1 atom stereocenters. The number of nitrogens with zero attached hydrogens (tertiary/aromatic N) is 2. The van der Waals surface area contributed by atoms with Gasteiger partial charge in [-0.3, -0.25) is 4.79 Å². The van der Waals surface area contributed by atoms with Crippen LogP contribution >= 0.6 is 0 Å². The highest BCUT2D eigenvalue weighted by atomic mass is 16.1. The van der Waals surface area contributed by atoms with Crippen molar-refractivity contribution in [3.05, 3.63) is 130 Å². The maximum Gasteiger partial charge on any atom is 0.251 e. The van der Waals surface area contributed by atoms with Gasteiger partial charge in [0.1, 0.15) is 0 Å². The highest BCUT2D eigenvalue weighted by Crippen LogP contribution is 2.40. The molecule has 4 heteroatoms. The summed E-state index contributed by atoms with van der Waals surface area (Å²) in [4.78, 5) is 13.3. The highest BCUT2D eigenvalue weighted by Gasteiger charge is 2.24. The molecule has 40 heavy (non-hydrogen) atoms. The van der Waals surface area contributed by atoms with E-state index >= 15 is 0 Å². The number of aromatic nitrogens is 1. The summed E-state index contributed by atoms with van der Waals surface area (Å²) >= 11 is 0. The lowest BCUT2D eigenvalue weighted by molar-refractivity contribution is 0.0940. The van der Waals surface area contributed by atoms with E-state index in [0.717, 1.165) is 34.1 Å². The molecule has 1 fully saturated rings. The molecule has 0 aliphatic heterocycles. The van der Waals surface area contributed by atoms with Crippen LogP contribution in [0.15, 0.2) is 91.0 Å². The molecule has 1 aliphatic carbocycles. The summed E-state index contributed by atoms with van der Waals surface area (Å²) in [7, 11) is 0. The average Bonchev–Trinajstić information content (AvgIpc) is 3.82. The van der Waals surface area contributed by atoms with Crippen molar-refractivity contribution < 1.29 is 4.79 Å². The zero-order valence-electron chi connectivity index (χ0n) is 23.2. The number of amides is 1. The van der Waals surface area contributed by atoms with Gasteiger partial charge in [0.25, 0.3) is 5.91 Å². The Morgan fingerprint density at radius 2 is 1.75 bits per heavy atom. The van der Waals surface area contributed by atoms with Crippen molar-refractivity contribution in [2.75, 3.05) is 0 Å². The molecule has 0 saturated heterocycles. The smallest absolute Gasteiger partial charge is 0.251 e. The minimum Gasteiger partial charge on any atom is -0.346 e. The summed E-state index contributed by atoms with van der Waals surface area (Å²) in [6.45, 7) is 7.06. The number of carbonyl (C=O) groups is 1. The van der Waals surface area contributed by atoms with E-state index in [-0.39, 0.29) is 11.9 Å². The molecule has 4 nitrogen and oxygen atoms in total. The van der Waals surface area contributed by atoms with Crippen LogP contribution in [0, 0.1) is 25.2 Å². The zero-order valence-corrected chi connectivity index (χ0v) is 23.2. The summed E-state index contributed by atoms with van der Waals surface area (Å²) in [6, 6.07) is 33.0. The van der Waals surface area contributed by atoms with Crippen LogP contribution in [0.3, 0.4) is 0 Å². The standard InChI is InChI=1S/C36H33N3O/c1-23-25(3)39(22-26-11-13-28(14-12-26)33-10-5-4-7-32(33)21-37)35-18-17-31(20-34(23)35)36(40)38-24(2)29-8-6-9-30(19-29)27-15-16-27/h4-14,17-20,24,27H,15-16,22H2,1-3H3,(H,38,40)/t24-/m0/s1. The predicted octanol–water partition coefficient (Wildman–Crippen LogP) is 8.21. The van der Waals surface area contributed by atoms with Gasteiger partial charge in [-0.2, -0.15) is 5.26 Å². The first kappa shape index (κ1) is 25.6. The molecule has 1 aliphatic rings. The Hall–Kier alpha value is -4.62. The first-order valence-electron chi connectivity index (χ1n) is 14.0. The minimum absolute atomic E-state index is 0.0516. The molecule has 1 aromatic heterocycles. The third kappa shape index (κ3) is 4.92. The second kappa shape index (κ2) is 10.5. The quantitative estimate of drug-likeness (QED) is 0.234. The second-order valence-electron chi connectivity index (χ2n) is 11.0. The summed E-state index contributed by atoms with van der Waals surface area (Å²) in [6.07, 6.45) is 2.54. The molecule has 5 aromatic rings. The number of aryl methyl sites for hydroxylation is 1. The van der Waals surface area contributed by atoms with E-state index in [2.05, 4.69) is 91.3 Å². The van der Waals surface area contributed by atoms with Crippen LogP contribution in [-0.2, 0) is 6.54 Å². The van der Waals surface area contributed by atoms with Crippen LogP contribution in [0.1, 0.15) is 75.6 Å². The van der Waals surface area contributed by atoms with Gasteiger partial charge in [0.05, 0.1) is 17.7 Å². The number of benzene rings is 4. The number of hydrogen-bond donors (Lipinski definition) is 1. The molecule has 1 saturated carbocycles. The number of carbonyl (C=O) groups excluding carboxylic acids is 1. The lowest BCUT2D eigenvalue weighted by atomic mass is 9.99. The second-order valence-corrected chi connectivity index (χ2v) is 11.0. The zero-order chi connectivity index (χ0) is 27.8. The maximum absolute atomic E-state index is 13.3. The van der Waals surface area contributed by atoms with Crippen LogP contribution in [0.25, 0.3) is 22.0 Å². The fraction of sp³-hybridized carbons (Fsp3) is 0.222. The van der Waals surface area contributed by atoms with E-state index in [1.54, 1.807) is 0 Å². The average molecular weight is 524 g/mol. The third-order valence-corrected chi connectivity index (χ3v) is 8.36. The SMILES string of the molecule is Cc1c(C)n(Cc2ccc(-c3ccccc3C#N)cc2)c2ccc(C(=O)N[C@@H](C)c3cccc(C4CC4)c3)cc12. The Bertz CT molecular complexity index is 1770. The van der Waals surface area contributed by atoms with Crippen LogP contribution in [0.4, 0.5) is 0 Å². The molecule has 1 amide bonds. The summed E-state index contributed by atoms with van der Waals surface area (Å²) in [5.41, 5.74) is 10.6. The molecule has 0 unspecified atom stereocenters. The summed E-state index contributed by atoms with van der Waals surface area (Å²) in [5, 5.41) is 13.8. The number of nitrogens with one attached hydrogen (secondary N) is 1. The van der Waals surface area contributed by atoms with Gasteiger partial charge in [-0.15, -0.1) is 0 Å². The van der Waals surface area contributed by atoms with E-state index in [1.165, 1.54) is 35.2 Å². The largest absolute Gasteiger partial charge is 0.346 e. The minimum atomic E-state index is -0.0579. The van der Waals surface area contributed by atoms with Gasteiger partial charge in [0.15, 0.2) is 0 Å². The summed E-state index contributed by atoms with van der Waals surface area (Å²) in [5.74, 6) is 0.642. The Labute approximate surface area is 235 Å². The molecule has 0 bridgehead atoms. The van der Waals surface area contributed by atoms with Gasteiger partial charge < -0.3 is 9.88 Å². The number of hydrogen-bond acceptors (Lipinski definition) is 2. The Morgan fingerprint density at radius 1 is 0.975 bits per heavy atom.